The molecule has 2 radical (unpaired) electrons. The lowest BCUT2D eigenvalue weighted by Crippen LogP contribution is -2.50. The Labute approximate surface area is 304 Å². The Bertz CT molecular complexity index is 1380. The summed E-state index contributed by atoms with van der Waals surface area (Å²) in [6.07, 6.45) is -1.51. The van der Waals surface area contributed by atoms with Crippen LogP contribution in [0.4, 0.5) is 34.6 Å². The summed E-state index contributed by atoms with van der Waals surface area (Å²) in [6.45, 7) is 8.77. The number of nitrogen functional groups attached to an aromatic ring is 1. The van der Waals surface area contributed by atoms with E-state index in [1.807, 2.05) is 6.92 Å². The molecule has 2 aromatic rings. The topological polar surface area (TPSA) is 155 Å². The molecule has 0 spiro atoms. The molecule has 2 atom stereocenters. The number of rotatable bonds is 15. The Balaban J connectivity index is 0.000000582. The predicted octanol–water partition coefficient (Wildman–Crippen LogP) is 4.88. The highest BCUT2D eigenvalue weighted by Gasteiger charge is 2.38. The highest BCUT2D eigenvalue weighted by Crippen LogP contribution is 2.37. The Kier molecular flexibility index (Phi) is 19.5. The van der Waals surface area contributed by atoms with Crippen molar-refractivity contribution in [3.63, 3.8) is 0 Å². The molecule has 0 aromatic heterocycles. The van der Waals surface area contributed by atoms with Gasteiger partial charge in [0, 0.05) is 41.3 Å². The molecule has 51 heavy (non-hydrogen) atoms. The first-order chi connectivity index (χ1) is 23.8. The van der Waals surface area contributed by atoms with Gasteiger partial charge in [-0.25, -0.2) is 0 Å². The van der Waals surface area contributed by atoms with Crippen LogP contribution in [0.5, 0.6) is 5.75 Å². The van der Waals surface area contributed by atoms with Crippen LogP contribution in [0.15, 0.2) is 41.3 Å². The van der Waals surface area contributed by atoms with Crippen molar-refractivity contribution in [1.29, 1.82) is 0 Å². The van der Waals surface area contributed by atoms with Gasteiger partial charge in [-0.05, 0) is 61.3 Å². The van der Waals surface area contributed by atoms with Gasteiger partial charge in [0.1, 0.15) is 6.54 Å². The third-order valence-electron chi connectivity index (χ3n) is 8.02. The zero-order valence-electron chi connectivity index (χ0n) is 30.2. The van der Waals surface area contributed by atoms with Crippen molar-refractivity contribution < 1.29 is 47.8 Å². The lowest BCUT2D eigenvalue weighted by Gasteiger charge is -2.34. The number of hydrogen-bond donors (Lipinski definition) is 7. The average Bonchev–Trinajstić information content (AvgIpc) is 3.37. The van der Waals surface area contributed by atoms with Gasteiger partial charge in [0.2, 0.25) is 0 Å². The van der Waals surface area contributed by atoms with Crippen molar-refractivity contribution in [1.82, 2.24) is 4.90 Å². The van der Waals surface area contributed by atoms with Crippen LogP contribution in [0.2, 0.25) is 0 Å². The number of thioether (sulfide) groups is 1. The van der Waals surface area contributed by atoms with Crippen LogP contribution >= 0.6 is 11.8 Å². The van der Waals surface area contributed by atoms with Crippen LogP contribution in [-0.2, 0) is 6.42 Å². The summed E-state index contributed by atoms with van der Waals surface area (Å²) in [4.78, 5) is 3.47. The Morgan fingerprint density at radius 1 is 1.06 bits per heavy atom. The van der Waals surface area contributed by atoms with E-state index in [9.17, 15) is 27.8 Å². The number of nitrogens with two attached hydrogens (primary N) is 1. The SMILES string of the molecule is CF.CSc1ccc(NCC#CC2Cc3c(N)cccc3N2CC(F)(F)F)c(OC(O)(O)O)c1.[B]C(O)(O)N(CCC)CCC(CCC)C(C)C. The Morgan fingerprint density at radius 2 is 1.73 bits per heavy atom. The van der Waals surface area contributed by atoms with Crippen LogP contribution in [-0.4, -0.2) is 102 Å². The van der Waals surface area contributed by atoms with Crippen molar-refractivity contribution in [3.8, 4) is 17.6 Å². The number of anilines is 3. The van der Waals surface area contributed by atoms with Gasteiger partial charge in [0.25, 0.3) is 0 Å². The summed E-state index contributed by atoms with van der Waals surface area (Å²) in [7, 11) is 5.84. The number of hydrogen-bond acceptors (Lipinski definition) is 11. The smallest absolute Gasteiger partial charge is 0.415 e. The minimum Gasteiger partial charge on any atom is -0.415 e. The van der Waals surface area contributed by atoms with Crippen molar-refractivity contribution in [2.75, 3.05) is 55.6 Å². The van der Waals surface area contributed by atoms with E-state index < -0.39 is 30.7 Å². The molecule has 10 nitrogen and oxygen atoms in total. The zero-order valence-corrected chi connectivity index (χ0v) is 31.0. The fourth-order valence-electron chi connectivity index (χ4n) is 5.60. The second-order valence-electron chi connectivity index (χ2n) is 12.3. The zero-order chi connectivity index (χ0) is 39.0. The van der Waals surface area contributed by atoms with E-state index in [0.29, 0.717) is 54.7 Å². The molecule has 2 aromatic carbocycles. The summed E-state index contributed by atoms with van der Waals surface area (Å²) in [5, 5.41) is 49.2. The molecule has 3 rings (SSSR count). The van der Waals surface area contributed by atoms with Gasteiger partial charge in [-0.1, -0.05) is 58.4 Å². The molecular weight excluding hydrogens is 691 g/mol. The number of alkyl halides is 4. The summed E-state index contributed by atoms with van der Waals surface area (Å²) >= 11 is 1.37. The number of nitrogens with one attached hydrogen (secondary N) is 1. The first-order valence-corrected chi connectivity index (χ1v) is 17.9. The van der Waals surface area contributed by atoms with Crippen molar-refractivity contribution in [3.05, 3.63) is 42.0 Å². The van der Waals surface area contributed by atoms with Crippen molar-refractivity contribution >= 4 is 36.7 Å². The molecule has 0 saturated carbocycles. The third kappa shape index (κ3) is 16.5. The Hall–Kier alpha value is -2.91. The largest absolute Gasteiger partial charge is 0.453 e. The molecule has 0 amide bonds. The molecule has 1 aliphatic rings. The lowest BCUT2D eigenvalue weighted by molar-refractivity contribution is -0.419. The molecule has 0 saturated heterocycles. The molecule has 0 bridgehead atoms. The number of halogens is 4. The van der Waals surface area contributed by atoms with E-state index in [0.717, 1.165) is 17.7 Å². The molecule has 2 unspecified atom stereocenters. The fourth-order valence-corrected chi connectivity index (χ4v) is 6.03. The lowest BCUT2D eigenvalue weighted by atomic mass is 9.88. The first kappa shape index (κ1) is 46.1. The van der Waals surface area contributed by atoms with Crippen LogP contribution < -0.4 is 20.7 Å². The third-order valence-corrected chi connectivity index (χ3v) is 8.75. The highest BCUT2D eigenvalue weighted by molar-refractivity contribution is 7.98. The molecule has 8 N–H and O–H groups in total. The van der Waals surface area contributed by atoms with Gasteiger partial charge in [-0.15, -0.1) is 11.8 Å². The molecule has 0 aliphatic carbocycles. The summed E-state index contributed by atoms with van der Waals surface area (Å²) in [6, 6.07) is 8.97. The standard InChI is InChI=1S/C21H22F3N3O4S.C13H28BNO2.CH3F/c1-32-14-7-8-17(19(11-14)31-21(28,29)30)26-9-3-4-13-10-15-16(25)5-2-6-18(15)27(13)12-20(22,23)24;1-5-7-12(11(3)4)8-10-15(9-6-2)13(14,16)17;1-2/h2,5-8,11,13,26,28-30H,9-10,12,25H2,1H3;11-12,16-17H,5-10H2,1-4H3;1H3. The molecule has 16 heteroatoms. The number of aliphatic hydroxyl groups is 5. The van der Waals surface area contributed by atoms with Gasteiger partial charge in [-0.3, -0.25) is 9.29 Å². The molecular formula is C35H53BF4N4O6S. The molecule has 1 heterocycles. The summed E-state index contributed by atoms with van der Waals surface area (Å²) < 4.78 is 53.6. The van der Waals surface area contributed by atoms with E-state index >= 15 is 0 Å². The number of fused-ring (bicyclic) bond motifs is 1. The Morgan fingerprint density at radius 3 is 2.25 bits per heavy atom. The van der Waals surface area contributed by atoms with Crippen LogP contribution in [0, 0.1) is 23.7 Å². The van der Waals surface area contributed by atoms with Crippen LogP contribution in [0.25, 0.3) is 0 Å². The maximum absolute atomic E-state index is 13.1. The van der Waals surface area contributed by atoms with Gasteiger partial charge < -0.3 is 46.2 Å². The molecule has 0 fully saturated rings. The quantitative estimate of drug-likeness (QED) is 0.0334. The number of benzene rings is 2. The average molecular weight is 745 g/mol. The highest BCUT2D eigenvalue weighted by atomic mass is 32.2. The summed E-state index contributed by atoms with van der Waals surface area (Å²) in [5.74, 6) is 4.70. The first-order valence-electron chi connectivity index (χ1n) is 16.6. The van der Waals surface area contributed by atoms with E-state index in [1.165, 1.54) is 40.5 Å². The van der Waals surface area contributed by atoms with Crippen molar-refractivity contribution in [2.45, 2.75) is 88.9 Å². The van der Waals surface area contributed by atoms with Crippen LogP contribution in [0.3, 0.4) is 0 Å². The van der Waals surface area contributed by atoms with Crippen molar-refractivity contribution in [2.24, 2.45) is 11.8 Å². The second-order valence-corrected chi connectivity index (χ2v) is 13.2. The normalized spacial score (nSPS) is 14.8. The van der Waals surface area contributed by atoms with E-state index in [4.69, 9.17) is 33.6 Å². The molecule has 286 valence electrons. The van der Waals surface area contributed by atoms with Gasteiger partial charge in [0.05, 0.1) is 25.5 Å². The van der Waals surface area contributed by atoms with E-state index in [-0.39, 0.29) is 18.7 Å². The second kappa shape index (κ2) is 21.6. The minimum absolute atomic E-state index is 0.0342. The van der Waals surface area contributed by atoms with Gasteiger partial charge >= 0.3 is 12.3 Å². The fraction of sp³-hybridized carbons (Fsp3) is 0.600. The molecule has 1 aliphatic heterocycles. The minimum atomic E-state index is -4.40. The monoisotopic (exact) mass is 744 g/mol. The van der Waals surface area contributed by atoms with Crippen LogP contribution in [0.1, 0.15) is 58.9 Å². The summed E-state index contributed by atoms with van der Waals surface area (Å²) in [5.41, 5.74) is 7.73. The predicted molar refractivity (Wildman–Crippen MR) is 196 cm³/mol. The van der Waals surface area contributed by atoms with Gasteiger partial charge in [-0.2, -0.15) is 13.2 Å². The number of nitrogens with zero attached hydrogens (tertiary/aromatic N) is 2. The van der Waals surface area contributed by atoms with E-state index in [1.54, 1.807) is 36.6 Å². The maximum atomic E-state index is 13.1. The number of ether oxygens (including phenoxy) is 1. The van der Waals surface area contributed by atoms with Gasteiger partial charge in [0.15, 0.2) is 19.4 Å². The van der Waals surface area contributed by atoms with E-state index in [2.05, 4.69) is 37.9 Å². The maximum Gasteiger partial charge on any atom is 0.453 e.